The predicted molar refractivity (Wildman–Crippen MR) is 92.1 cm³/mol. The quantitative estimate of drug-likeness (QED) is 0.668. The zero-order chi connectivity index (χ0) is 16.5. The summed E-state index contributed by atoms with van der Waals surface area (Å²) in [5.41, 5.74) is -0.250. The first-order valence-corrected chi connectivity index (χ1v) is 8.34. The molecule has 1 atom stereocenters. The Morgan fingerprint density at radius 3 is 2.24 bits per heavy atom. The highest BCUT2D eigenvalue weighted by Gasteiger charge is 2.27. The fourth-order valence-electron chi connectivity index (χ4n) is 2.18. The van der Waals surface area contributed by atoms with E-state index in [2.05, 4.69) is 44.4 Å². The molecule has 124 valence electrons. The number of rotatable bonds is 9. The van der Waals surface area contributed by atoms with Crippen LogP contribution in [0.3, 0.4) is 0 Å². The zero-order valence-electron chi connectivity index (χ0n) is 15.2. The highest BCUT2D eigenvalue weighted by atomic mass is 16.2. The van der Waals surface area contributed by atoms with E-state index in [1.165, 1.54) is 0 Å². The summed E-state index contributed by atoms with van der Waals surface area (Å²) >= 11 is 0. The molecule has 2 N–H and O–H groups in total. The standard InChI is InChI=1S/C18H36N2O/c1-8-10-11-15(20-16(21)17(3,4)5)14-18(6,7)12-13-19-9-2/h12-13,15,19H,8-11,14H2,1-7H3,(H,20,21)/b13-12-. The van der Waals surface area contributed by atoms with Gasteiger partial charge in [0.05, 0.1) is 0 Å². The van der Waals surface area contributed by atoms with Gasteiger partial charge in [0, 0.05) is 18.0 Å². The maximum atomic E-state index is 12.2. The lowest BCUT2D eigenvalue weighted by Crippen LogP contribution is -2.43. The number of hydrogen-bond acceptors (Lipinski definition) is 2. The molecule has 0 fully saturated rings. The van der Waals surface area contributed by atoms with Crippen LogP contribution < -0.4 is 10.6 Å². The van der Waals surface area contributed by atoms with Crippen molar-refractivity contribution in [2.75, 3.05) is 6.54 Å². The summed E-state index contributed by atoms with van der Waals surface area (Å²) in [6.07, 6.45) is 8.58. The van der Waals surface area contributed by atoms with Crippen LogP contribution in [0.5, 0.6) is 0 Å². The monoisotopic (exact) mass is 296 g/mol. The van der Waals surface area contributed by atoms with Crippen LogP contribution in [0.2, 0.25) is 0 Å². The maximum absolute atomic E-state index is 12.2. The summed E-state index contributed by atoms with van der Waals surface area (Å²) < 4.78 is 0. The first-order chi connectivity index (χ1) is 9.62. The van der Waals surface area contributed by atoms with Gasteiger partial charge in [0.25, 0.3) is 0 Å². The molecule has 0 aliphatic heterocycles. The van der Waals surface area contributed by atoms with Crippen LogP contribution in [-0.2, 0) is 4.79 Å². The van der Waals surface area contributed by atoms with Crippen LogP contribution >= 0.6 is 0 Å². The Hall–Kier alpha value is -0.990. The topological polar surface area (TPSA) is 41.1 Å². The average Bonchev–Trinajstić information content (AvgIpc) is 2.34. The number of carbonyl (C=O) groups is 1. The number of nitrogens with one attached hydrogen (secondary N) is 2. The molecule has 3 heteroatoms. The minimum atomic E-state index is -0.325. The van der Waals surface area contributed by atoms with Crippen LogP contribution in [0, 0.1) is 10.8 Å². The van der Waals surface area contributed by atoms with Crippen molar-refractivity contribution < 1.29 is 4.79 Å². The number of unbranched alkanes of at least 4 members (excludes halogenated alkanes) is 1. The van der Waals surface area contributed by atoms with Gasteiger partial charge in [-0.15, -0.1) is 0 Å². The van der Waals surface area contributed by atoms with E-state index < -0.39 is 0 Å². The Bertz CT molecular complexity index is 327. The lowest BCUT2D eigenvalue weighted by Gasteiger charge is -2.30. The van der Waals surface area contributed by atoms with Gasteiger partial charge in [-0.25, -0.2) is 0 Å². The van der Waals surface area contributed by atoms with E-state index in [0.717, 1.165) is 32.2 Å². The summed E-state index contributed by atoms with van der Waals surface area (Å²) in [6.45, 7) is 15.6. The molecule has 0 saturated heterocycles. The number of hydrogen-bond donors (Lipinski definition) is 2. The van der Waals surface area contributed by atoms with E-state index in [-0.39, 0.29) is 22.8 Å². The molecule has 0 heterocycles. The van der Waals surface area contributed by atoms with Crippen molar-refractivity contribution >= 4 is 5.91 Å². The third-order valence-corrected chi connectivity index (χ3v) is 3.55. The molecular weight excluding hydrogens is 260 g/mol. The van der Waals surface area contributed by atoms with Gasteiger partial charge in [0.2, 0.25) is 5.91 Å². The molecule has 0 radical (unpaired) electrons. The number of amides is 1. The van der Waals surface area contributed by atoms with Gasteiger partial charge in [-0.3, -0.25) is 4.79 Å². The normalized spacial score (nSPS) is 14.2. The minimum absolute atomic E-state index is 0.0751. The van der Waals surface area contributed by atoms with Crippen LogP contribution in [0.1, 0.15) is 74.1 Å². The Morgan fingerprint density at radius 2 is 1.76 bits per heavy atom. The molecule has 3 nitrogen and oxygen atoms in total. The largest absolute Gasteiger partial charge is 0.391 e. The van der Waals surface area contributed by atoms with Crippen molar-refractivity contribution in [3.8, 4) is 0 Å². The number of allylic oxidation sites excluding steroid dienone is 1. The second-order valence-electron chi connectivity index (χ2n) is 7.65. The Kier molecular flexibility index (Phi) is 8.68. The van der Waals surface area contributed by atoms with Gasteiger partial charge >= 0.3 is 0 Å². The Morgan fingerprint density at radius 1 is 1.14 bits per heavy atom. The Labute approximate surface area is 132 Å². The van der Waals surface area contributed by atoms with Gasteiger partial charge in [0.1, 0.15) is 0 Å². The molecule has 0 spiro atoms. The zero-order valence-corrected chi connectivity index (χ0v) is 15.2. The van der Waals surface area contributed by atoms with Crippen LogP contribution in [-0.4, -0.2) is 18.5 Å². The minimum Gasteiger partial charge on any atom is -0.391 e. The summed E-state index contributed by atoms with van der Waals surface area (Å²) in [6, 6.07) is 0.248. The van der Waals surface area contributed by atoms with Crippen LogP contribution in [0.15, 0.2) is 12.3 Å². The van der Waals surface area contributed by atoms with Crippen LogP contribution in [0.25, 0.3) is 0 Å². The summed E-state index contributed by atoms with van der Waals surface area (Å²) in [7, 11) is 0. The molecule has 0 rings (SSSR count). The Balaban J connectivity index is 4.71. The summed E-state index contributed by atoms with van der Waals surface area (Å²) in [4.78, 5) is 12.2. The van der Waals surface area contributed by atoms with Crippen molar-refractivity contribution in [2.24, 2.45) is 10.8 Å². The first kappa shape index (κ1) is 20.0. The lowest BCUT2D eigenvalue weighted by molar-refractivity contribution is -0.129. The van der Waals surface area contributed by atoms with Crippen molar-refractivity contribution in [2.45, 2.75) is 80.2 Å². The van der Waals surface area contributed by atoms with Gasteiger partial charge in [-0.2, -0.15) is 0 Å². The van der Waals surface area contributed by atoms with E-state index in [1.807, 2.05) is 27.0 Å². The van der Waals surface area contributed by atoms with Crippen molar-refractivity contribution in [1.29, 1.82) is 0 Å². The second-order valence-corrected chi connectivity index (χ2v) is 7.65. The third-order valence-electron chi connectivity index (χ3n) is 3.55. The smallest absolute Gasteiger partial charge is 0.225 e. The van der Waals surface area contributed by atoms with Gasteiger partial charge in [0.15, 0.2) is 0 Å². The van der Waals surface area contributed by atoms with E-state index in [4.69, 9.17) is 0 Å². The number of carbonyl (C=O) groups excluding carboxylic acids is 1. The molecule has 1 unspecified atom stereocenters. The third kappa shape index (κ3) is 9.54. The van der Waals surface area contributed by atoms with E-state index in [9.17, 15) is 4.79 Å². The fourth-order valence-corrected chi connectivity index (χ4v) is 2.18. The van der Waals surface area contributed by atoms with Crippen molar-refractivity contribution in [3.05, 3.63) is 12.3 Å². The van der Waals surface area contributed by atoms with Crippen LogP contribution in [0.4, 0.5) is 0 Å². The SMILES string of the molecule is CCCCC(CC(C)(C)/C=C\NCC)NC(=O)C(C)(C)C. The van der Waals surface area contributed by atoms with Gasteiger partial charge < -0.3 is 10.6 Å². The highest BCUT2D eigenvalue weighted by molar-refractivity contribution is 5.81. The van der Waals surface area contributed by atoms with E-state index in [0.29, 0.717) is 0 Å². The first-order valence-electron chi connectivity index (χ1n) is 8.34. The molecule has 0 aromatic heterocycles. The lowest BCUT2D eigenvalue weighted by atomic mass is 9.83. The molecular formula is C18H36N2O. The van der Waals surface area contributed by atoms with Gasteiger partial charge in [-0.1, -0.05) is 60.5 Å². The van der Waals surface area contributed by atoms with E-state index >= 15 is 0 Å². The molecule has 0 aromatic rings. The highest BCUT2D eigenvalue weighted by Crippen LogP contribution is 2.26. The fraction of sp³-hybridized carbons (Fsp3) is 0.833. The molecule has 0 bridgehead atoms. The molecule has 0 aliphatic carbocycles. The second kappa shape index (κ2) is 9.11. The maximum Gasteiger partial charge on any atom is 0.225 e. The summed E-state index contributed by atoms with van der Waals surface area (Å²) in [5, 5.41) is 6.46. The van der Waals surface area contributed by atoms with Gasteiger partial charge in [-0.05, 0) is 31.4 Å². The molecule has 0 aromatic carbocycles. The molecule has 0 saturated carbocycles. The van der Waals surface area contributed by atoms with Crippen molar-refractivity contribution in [1.82, 2.24) is 10.6 Å². The van der Waals surface area contributed by atoms with Crippen molar-refractivity contribution in [3.63, 3.8) is 0 Å². The average molecular weight is 296 g/mol. The molecule has 0 aliphatic rings. The predicted octanol–water partition coefficient (Wildman–Crippen LogP) is 4.25. The summed E-state index contributed by atoms with van der Waals surface area (Å²) in [5.74, 6) is 0.148. The molecule has 1 amide bonds. The van der Waals surface area contributed by atoms with E-state index in [1.54, 1.807) is 0 Å². The molecule has 21 heavy (non-hydrogen) atoms.